The Morgan fingerprint density at radius 2 is 2.00 bits per heavy atom. The highest BCUT2D eigenvalue weighted by atomic mass is 16.6. The minimum atomic E-state index is -0.395. The summed E-state index contributed by atoms with van der Waals surface area (Å²) < 4.78 is 0. The molecule has 0 bridgehead atoms. The van der Waals surface area contributed by atoms with E-state index in [9.17, 15) is 15.2 Å². The maximum atomic E-state index is 10.8. The molecule has 0 saturated heterocycles. The summed E-state index contributed by atoms with van der Waals surface area (Å²) in [6.45, 7) is 2.00. The summed E-state index contributed by atoms with van der Waals surface area (Å²) >= 11 is 0. The lowest BCUT2D eigenvalue weighted by Gasteiger charge is -2.06. The van der Waals surface area contributed by atoms with Crippen LogP contribution in [0.3, 0.4) is 0 Å². The molecule has 0 amide bonds. The van der Waals surface area contributed by atoms with E-state index < -0.39 is 4.92 Å². The van der Waals surface area contributed by atoms with Crippen LogP contribution < -0.4 is 0 Å². The van der Waals surface area contributed by atoms with Gasteiger partial charge in [-0.1, -0.05) is 19.1 Å². The predicted molar refractivity (Wildman–Crippen MR) is 85.2 cm³/mol. The number of aryl methyl sites for hydroxylation is 1. The second-order valence-corrected chi connectivity index (χ2v) is 5.29. The van der Waals surface area contributed by atoms with Gasteiger partial charge >= 0.3 is 0 Å². The Balaban J connectivity index is 1.96. The zero-order valence-corrected chi connectivity index (χ0v) is 12.2. The number of nitrogens with zero attached hydrogens (tertiary/aromatic N) is 1. The van der Waals surface area contributed by atoms with Gasteiger partial charge < -0.3 is 10.1 Å². The molecule has 2 N–H and O–H groups in total. The van der Waals surface area contributed by atoms with Crippen LogP contribution in [0, 0.1) is 10.1 Å². The Morgan fingerprint density at radius 1 is 1.18 bits per heavy atom. The molecule has 0 fully saturated rings. The molecule has 0 atom stereocenters. The van der Waals surface area contributed by atoms with E-state index in [-0.39, 0.29) is 5.69 Å². The summed E-state index contributed by atoms with van der Waals surface area (Å²) in [6, 6.07) is 10.5. The number of aromatic amines is 1. The summed E-state index contributed by atoms with van der Waals surface area (Å²) in [4.78, 5) is 13.5. The fourth-order valence-electron chi connectivity index (χ4n) is 2.69. The third-order valence-corrected chi connectivity index (χ3v) is 3.88. The second-order valence-electron chi connectivity index (χ2n) is 5.29. The topological polar surface area (TPSA) is 79.2 Å². The third kappa shape index (κ3) is 2.53. The zero-order valence-electron chi connectivity index (χ0n) is 12.2. The number of phenolic OH excluding ortho intramolecular Hbond substituents is 1. The van der Waals surface area contributed by atoms with Gasteiger partial charge in [-0.15, -0.1) is 0 Å². The quantitative estimate of drug-likeness (QED) is 0.565. The Labute approximate surface area is 127 Å². The predicted octanol–water partition coefficient (Wildman–Crippen LogP) is 3.93. The van der Waals surface area contributed by atoms with Crippen molar-refractivity contribution in [2.24, 2.45) is 0 Å². The fraction of sp³-hybridized carbons (Fsp3) is 0.176. The molecular weight excluding hydrogens is 280 g/mol. The molecule has 1 heterocycles. The van der Waals surface area contributed by atoms with Crippen molar-refractivity contribution in [1.29, 1.82) is 0 Å². The maximum Gasteiger partial charge on any atom is 0.271 e. The smallest absolute Gasteiger partial charge is 0.271 e. The monoisotopic (exact) mass is 296 g/mol. The average molecular weight is 296 g/mol. The van der Waals surface area contributed by atoms with E-state index >= 15 is 0 Å². The normalized spacial score (nSPS) is 11.0. The molecule has 5 nitrogen and oxygen atoms in total. The number of fused-ring (bicyclic) bond motifs is 1. The molecule has 0 unspecified atom stereocenters. The van der Waals surface area contributed by atoms with Crippen LogP contribution >= 0.6 is 0 Å². The lowest BCUT2D eigenvalue weighted by atomic mass is 10.0. The molecule has 3 rings (SSSR count). The second kappa shape index (κ2) is 5.52. The highest BCUT2D eigenvalue weighted by molar-refractivity contribution is 5.85. The van der Waals surface area contributed by atoms with Gasteiger partial charge in [0.05, 0.1) is 10.4 Å². The number of benzene rings is 2. The van der Waals surface area contributed by atoms with Crippen molar-refractivity contribution in [3.05, 3.63) is 69.4 Å². The average Bonchev–Trinajstić information content (AvgIpc) is 2.91. The van der Waals surface area contributed by atoms with Crippen molar-refractivity contribution in [3.8, 4) is 5.75 Å². The van der Waals surface area contributed by atoms with Crippen LogP contribution in [0.15, 0.2) is 42.6 Å². The van der Waals surface area contributed by atoms with Crippen LogP contribution in [0.2, 0.25) is 0 Å². The van der Waals surface area contributed by atoms with Gasteiger partial charge in [0.25, 0.3) is 5.69 Å². The van der Waals surface area contributed by atoms with Crippen molar-refractivity contribution in [3.63, 3.8) is 0 Å². The van der Waals surface area contributed by atoms with E-state index in [2.05, 4.69) is 4.98 Å². The Kier molecular flexibility index (Phi) is 3.55. The van der Waals surface area contributed by atoms with Gasteiger partial charge in [0.1, 0.15) is 5.75 Å². The highest BCUT2D eigenvalue weighted by Crippen LogP contribution is 2.26. The van der Waals surface area contributed by atoms with E-state index in [0.717, 1.165) is 34.0 Å². The minimum Gasteiger partial charge on any atom is -0.508 e. The first kappa shape index (κ1) is 14.1. The SMILES string of the molecule is CCc1cc(Cc2c[nH]c3cc([N+](=O)[O-])ccc23)ccc1O. The molecule has 3 aromatic rings. The van der Waals surface area contributed by atoms with Gasteiger partial charge in [0, 0.05) is 23.7 Å². The van der Waals surface area contributed by atoms with Gasteiger partial charge in [-0.2, -0.15) is 0 Å². The molecule has 112 valence electrons. The van der Waals surface area contributed by atoms with E-state index in [4.69, 9.17) is 0 Å². The molecule has 5 heteroatoms. The van der Waals surface area contributed by atoms with Crippen LogP contribution in [0.25, 0.3) is 10.9 Å². The summed E-state index contributed by atoms with van der Waals surface area (Å²) in [5, 5.41) is 21.5. The molecular formula is C17H16N2O3. The number of phenols is 1. The van der Waals surface area contributed by atoms with Crippen LogP contribution in [0.4, 0.5) is 5.69 Å². The number of non-ortho nitro benzene ring substituents is 1. The Bertz CT molecular complexity index is 852. The highest BCUT2D eigenvalue weighted by Gasteiger charge is 2.11. The van der Waals surface area contributed by atoms with Crippen molar-refractivity contribution < 1.29 is 10.0 Å². The molecule has 0 spiro atoms. The molecule has 0 radical (unpaired) electrons. The minimum absolute atomic E-state index is 0.0822. The van der Waals surface area contributed by atoms with E-state index in [1.54, 1.807) is 18.2 Å². The number of nitro benzene ring substituents is 1. The molecule has 1 aromatic heterocycles. The van der Waals surface area contributed by atoms with Gasteiger partial charge in [-0.3, -0.25) is 10.1 Å². The molecule has 0 saturated carbocycles. The lowest BCUT2D eigenvalue weighted by molar-refractivity contribution is -0.384. The molecule has 0 aliphatic carbocycles. The number of rotatable bonds is 4. The van der Waals surface area contributed by atoms with E-state index in [0.29, 0.717) is 12.2 Å². The largest absolute Gasteiger partial charge is 0.508 e. The van der Waals surface area contributed by atoms with Crippen LogP contribution in [-0.2, 0) is 12.8 Å². The lowest BCUT2D eigenvalue weighted by Crippen LogP contribution is -1.90. The molecule has 22 heavy (non-hydrogen) atoms. The third-order valence-electron chi connectivity index (χ3n) is 3.88. The fourth-order valence-corrected chi connectivity index (χ4v) is 2.69. The summed E-state index contributed by atoms with van der Waals surface area (Å²) in [7, 11) is 0. The van der Waals surface area contributed by atoms with E-state index in [1.807, 2.05) is 25.3 Å². The maximum absolute atomic E-state index is 10.8. The number of hydrogen-bond donors (Lipinski definition) is 2. The van der Waals surface area contributed by atoms with Crippen LogP contribution in [0.5, 0.6) is 5.75 Å². The number of aromatic hydroxyl groups is 1. The number of nitro groups is 1. The van der Waals surface area contributed by atoms with Crippen molar-refractivity contribution in [2.75, 3.05) is 0 Å². The van der Waals surface area contributed by atoms with Gasteiger partial charge in [-0.25, -0.2) is 0 Å². The summed E-state index contributed by atoms with van der Waals surface area (Å²) in [5.74, 6) is 0.320. The van der Waals surface area contributed by atoms with Crippen molar-refractivity contribution in [2.45, 2.75) is 19.8 Å². The van der Waals surface area contributed by atoms with Crippen LogP contribution in [-0.4, -0.2) is 15.0 Å². The van der Waals surface area contributed by atoms with Crippen molar-refractivity contribution >= 4 is 16.6 Å². The van der Waals surface area contributed by atoms with Gasteiger partial charge in [-0.05, 0) is 41.7 Å². The number of H-pyrrole nitrogens is 1. The number of aromatic nitrogens is 1. The van der Waals surface area contributed by atoms with Gasteiger partial charge in [0.2, 0.25) is 0 Å². The van der Waals surface area contributed by atoms with Crippen molar-refractivity contribution in [1.82, 2.24) is 4.98 Å². The first-order chi connectivity index (χ1) is 10.6. The Hall–Kier alpha value is -2.82. The first-order valence-electron chi connectivity index (χ1n) is 7.13. The molecule has 0 aliphatic heterocycles. The first-order valence-corrected chi connectivity index (χ1v) is 7.13. The summed E-state index contributed by atoms with van der Waals surface area (Å²) in [5.41, 5.74) is 3.96. The Morgan fingerprint density at radius 3 is 2.73 bits per heavy atom. The van der Waals surface area contributed by atoms with Gasteiger partial charge in [0.15, 0.2) is 0 Å². The molecule has 0 aliphatic rings. The van der Waals surface area contributed by atoms with E-state index in [1.165, 1.54) is 6.07 Å². The number of hydrogen-bond acceptors (Lipinski definition) is 3. The number of nitrogens with one attached hydrogen (secondary N) is 1. The standard InChI is InChI=1S/C17H16N2O3/c1-2-12-7-11(3-6-17(12)20)8-13-10-18-16-9-14(19(21)22)4-5-15(13)16/h3-7,9-10,18,20H,2,8H2,1H3. The zero-order chi connectivity index (χ0) is 15.7. The summed E-state index contributed by atoms with van der Waals surface area (Å²) in [6.07, 6.45) is 3.37. The molecule has 2 aromatic carbocycles. The van der Waals surface area contributed by atoms with Crippen LogP contribution in [0.1, 0.15) is 23.6 Å².